The Kier molecular flexibility index (Phi) is 4.73. The number of methoxy groups -OCH3 is 1. The van der Waals surface area contributed by atoms with Crippen molar-refractivity contribution in [2.45, 2.75) is 25.7 Å². The van der Waals surface area contributed by atoms with Crippen LogP contribution >= 0.6 is 0 Å². The van der Waals surface area contributed by atoms with Crippen LogP contribution in [0.4, 0.5) is 4.79 Å². The number of carbonyl (C=O) groups is 1. The summed E-state index contributed by atoms with van der Waals surface area (Å²) in [5, 5.41) is 11.7. The van der Waals surface area contributed by atoms with Crippen LogP contribution in [0.2, 0.25) is 0 Å². The quantitative estimate of drug-likeness (QED) is 0.720. The van der Waals surface area contributed by atoms with Gasteiger partial charge >= 0.3 is 6.09 Å². The first-order valence-corrected chi connectivity index (χ1v) is 5.19. The molecule has 0 aromatic heterocycles. The predicted molar refractivity (Wildman–Crippen MR) is 52.9 cm³/mol. The first-order chi connectivity index (χ1) is 6.76. The van der Waals surface area contributed by atoms with Gasteiger partial charge in [0, 0.05) is 13.2 Å². The molecule has 1 aliphatic rings. The van der Waals surface area contributed by atoms with Crippen LogP contribution < -0.4 is 5.32 Å². The summed E-state index contributed by atoms with van der Waals surface area (Å²) in [6.07, 6.45) is 3.98. The van der Waals surface area contributed by atoms with Gasteiger partial charge in [-0.1, -0.05) is 0 Å². The zero-order chi connectivity index (χ0) is 10.4. The lowest BCUT2D eigenvalue weighted by Crippen LogP contribution is -2.31. The fourth-order valence-corrected chi connectivity index (χ4v) is 1.92. The van der Waals surface area contributed by atoms with Crippen molar-refractivity contribution in [1.29, 1.82) is 0 Å². The molecule has 0 spiro atoms. The largest absolute Gasteiger partial charge is 0.453 e. The minimum atomic E-state index is -0.353. The molecule has 4 heteroatoms. The number of hydrogen-bond acceptors (Lipinski definition) is 3. The number of alkyl carbamates (subject to hydrolysis) is 1. The molecule has 1 rings (SSSR count). The van der Waals surface area contributed by atoms with Crippen molar-refractivity contribution in [2.24, 2.45) is 11.8 Å². The average Bonchev–Trinajstić information content (AvgIpc) is 2.26. The number of aliphatic hydroxyl groups is 1. The summed E-state index contributed by atoms with van der Waals surface area (Å²) in [6, 6.07) is 0. The monoisotopic (exact) mass is 201 g/mol. The summed E-state index contributed by atoms with van der Waals surface area (Å²) in [5.74, 6) is 1.03. The molecule has 0 aromatic carbocycles. The number of ether oxygens (including phenoxy) is 1. The minimum absolute atomic E-state index is 0.303. The number of hydrogen-bond donors (Lipinski definition) is 2. The van der Waals surface area contributed by atoms with Crippen molar-refractivity contribution in [3.63, 3.8) is 0 Å². The van der Waals surface area contributed by atoms with Gasteiger partial charge in [-0.3, -0.25) is 0 Å². The van der Waals surface area contributed by atoms with E-state index in [1.165, 1.54) is 7.11 Å². The Morgan fingerprint density at radius 2 is 1.93 bits per heavy atom. The molecule has 1 amide bonds. The first kappa shape index (κ1) is 11.3. The number of nitrogens with one attached hydrogen (secondary N) is 1. The third kappa shape index (κ3) is 3.54. The summed E-state index contributed by atoms with van der Waals surface area (Å²) < 4.78 is 4.49. The molecule has 0 aliphatic heterocycles. The van der Waals surface area contributed by atoms with Crippen molar-refractivity contribution >= 4 is 6.09 Å². The molecule has 1 aliphatic carbocycles. The van der Waals surface area contributed by atoms with Crippen LogP contribution in [0.3, 0.4) is 0 Å². The zero-order valence-corrected chi connectivity index (χ0v) is 8.66. The highest BCUT2D eigenvalue weighted by atomic mass is 16.5. The van der Waals surface area contributed by atoms with Crippen LogP contribution in [0.1, 0.15) is 25.7 Å². The average molecular weight is 201 g/mol. The van der Waals surface area contributed by atoms with Gasteiger partial charge in [0.1, 0.15) is 0 Å². The molecule has 0 saturated heterocycles. The Bertz CT molecular complexity index is 176. The van der Waals surface area contributed by atoms with Crippen LogP contribution in [-0.4, -0.2) is 31.5 Å². The van der Waals surface area contributed by atoms with Gasteiger partial charge in [0.15, 0.2) is 0 Å². The van der Waals surface area contributed by atoms with E-state index in [2.05, 4.69) is 10.1 Å². The lowest BCUT2D eigenvalue weighted by atomic mass is 9.82. The summed E-state index contributed by atoms with van der Waals surface area (Å²) in [4.78, 5) is 10.8. The van der Waals surface area contributed by atoms with Crippen LogP contribution in [-0.2, 0) is 4.74 Å². The van der Waals surface area contributed by atoms with Crippen molar-refractivity contribution < 1.29 is 14.6 Å². The maximum Gasteiger partial charge on any atom is 0.406 e. The first-order valence-electron chi connectivity index (χ1n) is 5.19. The van der Waals surface area contributed by atoms with E-state index in [-0.39, 0.29) is 6.09 Å². The van der Waals surface area contributed by atoms with Crippen LogP contribution in [0.25, 0.3) is 0 Å². The molecule has 4 nitrogen and oxygen atoms in total. The highest BCUT2D eigenvalue weighted by Crippen LogP contribution is 2.27. The standard InChI is InChI=1S/C10H19NO3/c1-14-10(13)11-6-8-2-4-9(7-12)5-3-8/h8-9,12H,2-7H2,1H3,(H,11,13). The van der Waals surface area contributed by atoms with Crippen LogP contribution in [0.5, 0.6) is 0 Å². The normalized spacial score (nSPS) is 27.0. The second-order valence-corrected chi connectivity index (χ2v) is 3.94. The van der Waals surface area contributed by atoms with Gasteiger partial charge < -0.3 is 15.2 Å². The lowest BCUT2D eigenvalue weighted by Gasteiger charge is -2.27. The van der Waals surface area contributed by atoms with E-state index in [0.29, 0.717) is 25.0 Å². The van der Waals surface area contributed by atoms with E-state index < -0.39 is 0 Å². The summed E-state index contributed by atoms with van der Waals surface area (Å²) >= 11 is 0. The molecule has 1 fully saturated rings. The summed E-state index contributed by atoms with van der Waals surface area (Å²) in [5.41, 5.74) is 0. The second kappa shape index (κ2) is 5.86. The van der Waals surface area contributed by atoms with Crippen molar-refractivity contribution in [1.82, 2.24) is 5.32 Å². The van der Waals surface area contributed by atoms with E-state index in [1.807, 2.05) is 0 Å². The number of carbonyl (C=O) groups excluding carboxylic acids is 1. The van der Waals surface area contributed by atoms with Gasteiger partial charge in [0.25, 0.3) is 0 Å². The molecule has 2 N–H and O–H groups in total. The molecule has 14 heavy (non-hydrogen) atoms. The van der Waals surface area contributed by atoms with E-state index >= 15 is 0 Å². The van der Waals surface area contributed by atoms with Crippen LogP contribution in [0, 0.1) is 11.8 Å². The highest BCUT2D eigenvalue weighted by Gasteiger charge is 2.20. The summed E-state index contributed by atoms with van der Waals surface area (Å²) in [7, 11) is 1.37. The lowest BCUT2D eigenvalue weighted by molar-refractivity contribution is 0.154. The fraction of sp³-hybridized carbons (Fsp3) is 0.900. The molecule has 82 valence electrons. The Morgan fingerprint density at radius 1 is 1.36 bits per heavy atom. The topological polar surface area (TPSA) is 58.6 Å². The van der Waals surface area contributed by atoms with Gasteiger partial charge in [-0.2, -0.15) is 0 Å². The highest BCUT2D eigenvalue weighted by molar-refractivity contribution is 5.66. The van der Waals surface area contributed by atoms with E-state index in [4.69, 9.17) is 5.11 Å². The molecule has 0 atom stereocenters. The molecular formula is C10H19NO3. The molecule has 0 heterocycles. The Labute approximate surface area is 84.6 Å². The Morgan fingerprint density at radius 3 is 2.43 bits per heavy atom. The zero-order valence-electron chi connectivity index (χ0n) is 8.66. The van der Waals surface area contributed by atoms with E-state index in [9.17, 15) is 4.79 Å². The molecule has 0 unspecified atom stereocenters. The van der Waals surface area contributed by atoms with Crippen molar-refractivity contribution in [3.05, 3.63) is 0 Å². The maximum atomic E-state index is 10.8. The Balaban J connectivity index is 2.13. The van der Waals surface area contributed by atoms with Crippen LogP contribution in [0.15, 0.2) is 0 Å². The van der Waals surface area contributed by atoms with E-state index in [0.717, 1.165) is 25.7 Å². The second-order valence-electron chi connectivity index (χ2n) is 3.94. The summed E-state index contributed by atoms with van der Waals surface area (Å²) in [6.45, 7) is 1.00. The maximum absolute atomic E-state index is 10.8. The number of aliphatic hydroxyl groups excluding tert-OH is 1. The third-order valence-corrected chi connectivity index (χ3v) is 2.94. The SMILES string of the molecule is COC(=O)NCC1CCC(CO)CC1. The fourth-order valence-electron chi connectivity index (χ4n) is 1.92. The smallest absolute Gasteiger partial charge is 0.406 e. The predicted octanol–water partition coefficient (Wildman–Crippen LogP) is 1.14. The number of rotatable bonds is 3. The molecule has 0 bridgehead atoms. The minimum Gasteiger partial charge on any atom is -0.453 e. The van der Waals surface area contributed by atoms with Crippen molar-refractivity contribution in [3.8, 4) is 0 Å². The van der Waals surface area contributed by atoms with Gasteiger partial charge in [0.2, 0.25) is 0 Å². The molecule has 1 saturated carbocycles. The molecule has 0 aromatic rings. The van der Waals surface area contributed by atoms with Gasteiger partial charge in [-0.15, -0.1) is 0 Å². The number of amides is 1. The van der Waals surface area contributed by atoms with Gasteiger partial charge in [0.05, 0.1) is 7.11 Å². The third-order valence-electron chi connectivity index (χ3n) is 2.94. The molecular weight excluding hydrogens is 182 g/mol. The Hall–Kier alpha value is -0.770. The van der Waals surface area contributed by atoms with Crippen molar-refractivity contribution in [2.75, 3.05) is 20.3 Å². The van der Waals surface area contributed by atoms with Gasteiger partial charge in [-0.05, 0) is 37.5 Å². The van der Waals surface area contributed by atoms with Gasteiger partial charge in [-0.25, -0.2) is 4.79 Å². The van der Waals surface area contributed by atoms with E-state index in [1.54, 1.807) is 0 Å². The molecule has 0 radical (unpaired) electrons.